The molecule has 2 aromatic heterocycles. The average Bonchev–Trinajstić information content (AvgIpc) is 1.62. The van der Waals surface area contributed by atoms with E-state index in [-0.39, 0.29) is 73.8 Å². The Morgan fingerprint density at radius 2 is 0.653 bits per heavy atom. The molecule has 2 atom stereocenters. The van der Waals surface area contributed by atoms with E-state index < -0.39 is 75.7 Å². The highest BCUT2D eigenvalue weighted by atomic mass is 19.4. The molecule has 0 spiro atoms. The molecule has 0 unspecified atom stereocenters. The second kappa shape index (κ2) is 24.4. The van der Waals surface area contributed by atoms with Crippen molar-refractivity contribution in [3.8, 4) is 56.6 Å². The summed E-state index contributed by atoms with van der Waals surface area (Å²) in [6, 6.07) is 29.6. The van der Waals surface area contributed by atoms with Crippen molar-refractivity contribution in [1.29, 1.82) is 0 Å². The molecule has 0 aliphatic carbocycles. The van der Waals surface area contributed by atoms with E-state index in [4.69, 9.17) is 9.47 Å². The number of hydrogen-bond acceptors (Lipinski definition) is 4. The molecule has 0 saturated heterocycles. The van der Waals surface area contributed by atoms with Gasteiger partial charge in [0.1, 0.15) is 35.2 Å². The molecule has 10 rings (SSSR count). The number of aromatic nitrogens is 2. The van der Waals surface area contributed by atoms with Gasteiger partial charge in [0.15, 0.2) is 0 Å². The number of nitrogens with zero attached hydrogens (tertiary/aromatic N) is 2. The van der Waals surface area contributed by atoms with E-state index in [1.807, 2.05) is 105 Å². The first-order chi connectivity index (χ1) is 43.9. The van der Waals surface area contributed by atoms with Gasteiger partial charge in [0, 0.05) is 50.2 Å². The Kier molecular flexibility index (Phi) is 17.9. The normalized spacial score (nSPS) is 14.0. The molecule has 0 radical (unpaired) electrons. The molecular formula is C77H78F12N2O4. The summed E-state index contributed by atoms with van der Waals surface area (Å²) in [5, 5.41) is 26.3. The molecule has 0 aliphatic heterocycles. The molecule has 8 aromatic carbocycles. The summed E-state index contributed by atoms with van der Waals surface area (Å²) in [6.07, 6.45) is -18.9. The van der Waals surface area contributed by atoms with Crippen LogP contribution < -0.4 is 9.47 Å². The van der Waals surface area contributed by atoms with Gasteiger partial charge in [-0.3, -0.25) is 0 Å². The predicted molar refractivity (Wildman–Crippen MR) is 353 cm³/mol. The number of fused-ring (bicyclic) bond motifs is 6. The lowest BCUT2D eigenvalue weighted by atomic mass is 9.71. The van der Waals surface area contributed by atoms with Gasteiger partial charge in [-0.2, -0.15) is 52.7 Å². The minimum atomic E-state index is -4.93. The number of ether oxygens (including phenoxy) is 2. The molecule has 0 bridgehead atoms. The Labute approximate surface area is 545 Å². The minimum absolute atomic E-state index is 0.0230. The van der Waals surface area contributed by atoms with Gasteiger partial charge in [0.2, 0.25) is 0 Å². The second-order valence-corrected chi connectivity index (χ2v) is 29.1. The molecule has 95 heavy (non-hydrogen) atoms. The van der Waals surface area contributed by atoms with Crippen molar-refractivity contribution in [2.24, 2.45) is 10.8 Å². The van der Waals surface area contributed by atoms with Crippen LogP contribution >= 0.6 is 0 Å². The third-order valence-electron chi connectivity index (χ3n) is 17.9. The van der Waals surface area contributed by atoms with Crippen LogP contribution in [0.1, 0.15) is 160 Å². The van der Waals surface area contributed by atoms with Crippen molar-refractivity contribution in [2.45, 2.75) is 177 Å². The number of aromatic hydroxyl groups is 2. The number of halogens is 12. The van der Waals surface area contributed by atoms with E-state index in [0.717, 1.165) is 83.4 Å². The summed E-state index contributed by atoms with van der Waals surface area (Å²) >= 11 is 0. The summed E-state index contributed by atoms with van der Waals surface area (Å²) in [6.45, 7) is 27.8. The molecule has 0 amide bonds. The summed E-state index contributed by atoms with van der Waals surface area (Å²) in [5.41, 5.74) is -1.56. The molecule has 504 valence electrons. The molecule has 0 saturated carbocycles. The zero-order valence-electron chi connectivity index (χ0n) is 55.5. The third-order valence-corrected chi connectivity index (χ3v) is 17.9. The Morgan fingerprint density at radius 1 is 0.358 bits per heavy atom. The van der Waals surface area contributed by atoms with Gasteiger partial charge in [-0.15, -0.1) is 0 Å². The van der Waals surface area contributed by atoms with Gasteiger partial charge in [-0.1, -0.05) is 106 Å². The Balaban J connectivity index is 1.10. The summed E-state index contributed by atoms with van der Waals surface area (Å²) < 4.78 is 192. The van der Waals surface area contributed by atoms with Gasteiger partial charge in [0.25, 0.3) is 0 Å². The standard InChI is InChI=1S/C77H78F12N2O4/c1-15-50(94-66-27-18-43(4)30-56(66)58-35-48(72(11,12)40-70(5,6)7)37-64(68(58)92)90-60-23-17-42(3)29-52(60)53-31-44(74(78,79)80)19-24-61(53)90)39-51(16-2)95-67-28-22-47(77(87,88)89)34-57(67)59-36-49(73(13,14)41-71(8,9)10)38-65(69(59)93)91-62-25-20-45(75(81,82)83)32-54(62)55-33-46(76(84,85)86)21-26-63(55)91/h17-38,50-51,92-93H,15-16,39-41H2,1-14H3/t50-,51+/m1/s1. The minimum Gasteiger partial charge on any atom is -0.505 e. The highest BCUT2D eigenvalue weighted by Gasteiger charge is 2.39. The zero-order valence-corrected chi connectivity index (χ0v) is 55.5. The lowest BCUT2D eigenvalue weighted by Crippen LogP contribution is -2.27. The number of benzene rings is 8. The van der Waals surface area contributed by atoms with Crippen LogP contribution in [0.5, 0.6) is 23.0 Å². The smallest absolute Gasteiger partial charge is 0.416 e. The fourth-order valence-corrected chi connectivity index (χ4v) is 14.1. The van der Waals surface area contributed by atoms with E-state index in [9.17, 15) is 49.7 Å². The Morgan fingerprint density at radius 3 is 1.01 bits per heavy atom. The lowest BCUT2D eigenvalue weighted by Gasteiger charge is -2.34. The summed E-state index contributed by atoms with van der Waals surface area (Å²) in [5.74, 6) is -0.543. The molecule has 2 heterocycles. The fourth-order valence-electron chi connectivity index (χ4n) is 14.1. The third kappa shape index (κ3) is 14.2. The topological polar surface area (TPSA) is 68.8 Å². The number of aryl methyl sites for hydroxylation is 2. The highest BCUT2D eigenvalue weighted by Crippen LogP contribution is 2.52. The number of rotatable bonds is 16. The fraction of sp³-hybridized carbons (Fsp3) is 0.377. The van der Waals surface area contributed by atoms with E-state index >= 15 is 13.2 Å². The molecule has 10 aromatic rings. The maximum atomic E-state index is 15.1. The molecule has 18 heteroatoms. The number of phenols is 2. The number of alkyl halides is 12. The quantitative estimate of drug-likeness (QED) is 0.0946. The predicted octanol–water partition coefficient (Wildman–Crippen LogP) is 24.2. The Hall–Kier alpha value is -8.28. The molecule has 6 nitrogen and oxygen atoms in total. The van der Waals surface area contributed by atoms with Crippen molar-refractivity contribution in [3.05, 3.63) is 178 Å². The first kappa shape index (κ1) is 69.5. The van der Waals surface area contributed by atoms with Crippen LogP contribution in [0.4, 0.5) is 52.7 Å². The Bertz CT molecular complexity index is 4510. The van der Waals surface area contributed by atoms with Crippen molar-refractivity contribution >= 4 is 43.6 Å². The van der Waals surface area contributed by atoms with Crippen molar-refractivity contribution in [1.82, 2.24) is 9.13 Å². The second-order valence-electron chi connectivity index (χ2n) is 29.1. The first-order valence-electron chi connectivity index (χ1n) is 31.6. The summed E-state index contributed by atoms with van der Waals surface area (Å²) in [7, 11) is 0. The van der Waals surface area contributed by atoms with E-state index in [2.05, 4.69) is 34.6 Å². The van der Waals surface area contributed by atoms with Crippen LogP contribution in [0.2, 0.25) is 0 Å². The molecule has 2 N–H and O–H groups in total. The van der Waals surface area contributed by atoms with Crippen LogP contribution in [0.25, 0.3) is 77.2 Å². The average molecular weight is 1320 g/mol. The van der Waals surface area contributed by atoms with Crippen LogP contribution in [0.15, 0.2) is 133 Å². The lowest BCUT2D eigenvalue weighted by molar-refractivity contribution is -0.138. The number of hydrogen-bond donors (Lipinski definition) is 2. The van der Waals surface area contributed by atoms with Gasteiger partial charge in [0.05, 0.1) is 55.7 Å². The molecule has 0 fully saturated rings. The highest BCUT2D eigenvalue weighted by molar-refractivity contribution is 6.11. The maximum absolute atomic E-state index is 15.1. The molecular weight excluding hydrogens is 1240 g/mol. The van der Waals surface area contributed by atoms with Gasteiger partial charge in [-0.05, 0) is 194 Å². The van der Waals surface area contributed by atoms with Crippen molar-refractivity contribution in [3.63, 3.8) is 0 Å². The molecule has 0 aliphatic rings. The van der Waals surface area contributed by atoms with Crippen LogP contribution in [-0.4, -0.2) is 31.6 Å². The monoisotopic (exact) mass is 1320 g/mol. The zero-order chi connectivity index (χ0) is 69.8. The van der Waals surface area contributed by atoms with E-state index in [0.29, 0.717) is 69.2 Å². The van der Waals surface area contributed by atoms with Crippen molar-refractivity contribution < 1.29 is 72.4 Å². The SMILES string of the molecule is CC[C@H](C[C@H](CC)Oc1ccc(C(F)(F)F)cc1-c1cc(C(C)(C)CC(C)(C)C)cc(-n2c3ccc(C(F)(F)F)cc3c3cc(C(F)(F)F)ccc32)c1O)Oc1ccc(C)cc1-c1cc(C(C)(C)CC(C)(C)C)cc(-n2c3ccc(C)cc3c3cc(C(F)(F)F)ccc32)c1O. The first-order valence-corrected chi connectivity index (χ1v) is 31.6. The van der Waals surface area contributed by atoms with E-state index in [1.54, 1.807) is 22.8 Å². The van der Waals surface area contributed by atoms with Crippen molar-refractivity contribution in [2.75, 3.05) is 0 Å². The van der Waals surface area contributed by atoms with Crippen LogP contribution in [-0.2, 0) is 35.5 Å². The summed E-state index contributed by atoms with van der Waals surface area (Å²) in [4.78, 5) is 0. The maximum Gasteiger partial charge on any atom is 0.416 e. The van der Waals surface area contributed by atoms with E-state index in [1.165, 1.54) is 10.6 Å². The van der Waals surface area contributed by atoms with Crippen LogP contribution in [0, 0.1) is 24.7 Å². The van der Waals surface area contributed by atoms with Crippen LogP contribution in [0.3, 0.4) is 0 Å². The largest absolute Gasteiger partial charge is 0.505 e. The van der Waals surface area contributed by atoms with Gasteiger partial charge in [-0.25, -0.2) is 0 Å². The number of phenolic OH excluding ortho intramolecular Hbond substituents is 2. The van der Waals surface area contributed by atoms with Gasteiger partial charge < -0.3 is 28.8 Å². The van der Waals surface area contributed by atoms with Gasteiger partial charge >= 0.3 is 24.7 Å².